The van der Waals surface area contributed by atoms with Gasteiger partial charge >= 0.3 is 0 Å². The number of hydrogen-bond acceptors (Lipinski definition) is 5. The zero-order chi connectivity index (χ0) is 19.1. The molecule has 7 heteroatoms. The number of nitrogens with zero attached hydrogens (tertiary/aromatic N) is 1. The highest BCUT2D eigenvalue weighted by Crippen LogP contribution is 2.24. The summed E-state index contributed by atoms with van der Waals surface area (Å²) in [6.45, 7) is 0.821. The molecule has 2 aromatic carbocycles. The molecular formula is C20H19FN2O4. The summed E-state index contributed by atoms with van der Waals surface area (Å²) in [6.07, 6.45) is 0.601. The zero-order valence-corrected chi connectivity index (χ0v) is 14.8. The maximum Gasteiger partial charge on any atom is 0.273 e. The normalized spacial score (nSPS) is 10.4. The van der Waals surface area contributed by atoms with Crippen LogP contribution in [0.4, 0.5) is 4.39 Å². The molecule has 0 atom stereocenters. The fraction of sp³-hybridized carbons (Fsp3) is 0.200. The highest BCUT2D eigenvalue weighted by Gasteiger charge is 2.13. The number of aromatic nitrogens is 1. The largest absolute Gasteiger partial charge is 0.497 e. The summed E-state index contributed by atoms with van der Waals surface area (Å²) in [6, 6.07) is 14.7. The van der Waals surface area contributed by atoms with Gasteiger partial charge in [-0.25, -0.2) is 4.39 Å². The predicted octanol–water partition coefficient (Wildman–Crippen LogP) is 3.69. The summed E-state index contributed by atoms with van der Waals surface area (Å²) in [5.74, 6) is 1.13. The number of amides is 1. The Balaban J connectivity index is 1.46. The van der Waals surface area contributed by atoms with Crippen LogP contribution in [0.25, 0.3) is 11.3 Å². The Morgan fingerprint density at radius 1 is 1.15 bits per heavy atom. The molecule has 0 aliphatic heterocycles. The highest BCUT2D eigenvalue weighted by atomic mass is 19.1. The molecule has 0 spiro atoms. The van der Waals surface area contributed by atoms with Crippen molar-refractivity contribution in [3.63, 3.8) is 0 Å². The Bertz CT molecular complexity index is 893. The van der Waals surface area contributed by atoms with E-state index in [2.05, 4.69) is 10.5 Å². The minimum atomic E-state index is -0.324. The number of carbonyl (C=O) groups excluding carboxylic acids is 1. The van der Waals surface area contributed by atoms with Crippen molar-refractivity contribution in [3.8, 4) is 22.8 Å². The molecule has 3 aromatic rings. The molecule has 1 heterocycles. The van der Waals surface area contributed by atoms with Crippen molar-refractivity contribution in [2.24, 2.45) is 0 Å². The minimum Gasteiger partial charge on any atom is -0.497 e. The van der Waals surface area contributed by atoms with Gasteiger partial charge in [0.25, 0.3) is 5.91 Å². The van der Waals surface area contributed by atoms with E-state index in [9.17, 15) is 9.18 Å². The van der Waals surface area contributed by atoms with E-state index in [4.69, 9.17) is 14.0 Å². The fourth-order valence-corrected chi connectivity index (χ4v) is 2.38. The maximum absolute atomic E-state index is 12.8. The molecule has 0 aliphatic carbocycles. The van der Waals surface area contributed by atoms with E-state index in [1.54, 1.807) is 31.4 Å². The zero-order valence-electron chi connectivity index (χ0n) is 14.8. The first-order valence-corrected chi connectivity index (χ1v) is 8.43. The van der Waals surface area contributed by atoms with E-state index in [0.717, 1.165) is 5.56 Å². The summed E-state index contributed by atoms with van der Waals surface area (Å²) >= 11 is 0. The first-order valence-electron chi connectivity index (χ1n) is 8.43. The third-order valence-electron chi connectivity index (χ3n) is 3.79. The lowest BCUT2D eigenvalue weighted by molar-refractivity contribution is 0.0942. The van der Waals surface area contributed by atoms with Crippen molar-refractivity contribution in [3.05, 3.63) is 66.1 Å². The fourth-order valence-electron chi connectivity index (χ4n) is 2.38. The van der Waals surface area contributed by atoms with E-state index in [1.807, 2.05) is 18.2 Å². The Kier molecular flexibility index (Phi) is 6.04. The van der Waals surface area contributed by atoms with Crippen LogP contribution < -0.4 is 14.8 Å². The van der Waals surface area contributed by atoms with Gasteiger partial charge in [0.1, 0.15) is 17.3 Å². The Morgan fingerprint density at radius 3 is 2.74 bits per heavy atom. The number of carbonyl (C=O) groups is 1. The van der Waals surface area contributed by atoms with Crippen molar-refractivity contribution >= 4 is 5.91 Å². The molecule has 0 saturated heterocycles. The van der Waals surface area contributed by atoms with Crippen molar-refractivity contribution < 1.29 is 23.2 Å². The highest BCUT2D eigenvalue weighted by molar-refractivity contribution is 5.93. The molecular weight excluding hydrogens is 351 g/mol. The molecule has 0 saturated carbocycles. The van der Waals surface area contributed by atoms with Gasteiger partial charge in [0.2, 0.25) is 0 Å². The van der Waals surface area contributed by atoms with Gasteiger partial charge in [0.15, 0.2) is 11.5 Å². The van der Waals surface area contributed by atoms with Gasteiger partial charge in [-0.1, -0.05) is 17.3 Å². The van der Waals surface area contributed by atoms with Gasteiger partial charge in [0, 0.05) is 18.2 Å². The van der Waals surface area contributed by atoms with Gasteiger partial charge in [0.05, 0.1) is 13.7 Å². The Hall–Kier alpha value is -3.35. The SMILES string of the molecule is COc1cccc(-c2cc(C(=O)NCCCOc3ccc(F)cc3)no2)c1. The molecule has 0 fully saturated rings. The number of ether oxygens (including phenoxy) is 2. The summed E-state index contributed by atoms with van der Waals surface area (Å²) in [5.41, 5.74) is 0.973. The van der Waals surface area contributed by atoms with Crippen LogP contribution in [0.5, 0.6) is 11.5 Å². The van der Waals surface area contributed by atoms with Gasteiger partial charge in [-0.15, -0.1) is 0 Å². The average Bonchev–Trinajstić information content (AvgIpc) is 3.19. The molecule has 1 aromatic heterocycles. The van der Waals surface area contributed by atoms with Gasteiger partial charge in [-0.3, -0.25) is 4.79 Å². The lowest BCUT2D eigenvalue weighted by Crippen LogP contribution is -2.25. The summed E-state index contributed by atoms with van der Waals surface area (Å²) in [7, 11) is 1.58. The Labute approximate surface area is 155 Å². The summed E-state index contributed by atoms with van der Waals surface area (Å²) in [4.78, 5) is 12.1. The number of rotatable bonds is 8. The van der Waals surface area contributed by atoms with Crippen molar-refractivity contribution in [1.29, 1.82) is 0 Å². The van der Waals surface area contributed by atoms with Crippen LogP contribution in [0, 0.1) is 5.82 Å². The average molecular weight is 370 g/mol. The first-order chi connectivity index (χ1) is 13.2. The van der Waals surface area contributed by atoms with Crippen LogP contribution in [-0.4, -0.2) is 31.3 Å². The van der Waals surface area contributed by atoms with E-state index in [0.29, 0.717) is 36.8 Å². The molecule has 0 unspecified atom stereocenters. The second-order valence-electron chi connectivity index (χ2n) is 5.72. The van der Waals surface area contributed by atoms with Gasteiger partial charge < -0.3 is 19.3 Å². The first kappa shape index (κ1) is 18.4. The third kappa shape index (κ3) is 5.07. The van der Waals surface area contributed by atoms with E-state index in [1.165, 1.54) is 12.1 Å². The lowest BCUT2D eigenvalue weighted by Gasteiger charge is -2.06. The topological polar surface area (TPSA) is 73.6 Å². The van der Waals surface area contributed by atoms with Crippen LogP contribution in [0.3, 0.4) is 0 Å². The molecule has 27 heavy (non-hydrogen) atoms. The van der Waals surface area contributed by atoms with E-state index >= 15 is 0 Å². The Morgan fingerprint density at radius 2 is 1.96 bits per heavy atom. The molecule has 3 rings (SSSR count). The van der Waals surface area contributed by atoms with Crippen LogP contribution in [-0.2, 0) is 0 Å². The molecule has 140 valence electrons. The van der Waals surface area contributed by atoms with Crippen molar-refractivity contribution in [2.75, 3.05) is 20.3 Å². The molecule has 0 radical (unpaired) electrons. The number of methoxy groups -OCH3 is 1. The van der Waals surface area contributed by atoms with E-state index in [-0.39, 0.29) is 17.4 Å². The van der Waals surface area contributed by atoms with Crippen LogP contribution in [0.2, 0.25) is 0 Å². The number of hydrogen-bond donors (Lipinski definition) is 1. The molecule has 1 amide bonds. The minimum absolute atomic E-state index is 0.201. The smallest absolute Gasteiger partial charge is 0.273 e. The number of benzene rings is 2. The number of halogens is 1. The summed E-state index contributed by atoms with van der Waals surface area (Å²) in [5, 5.41) is 6.56. The lowest BCUT2D eigenvalue weighted by atomic mass is 10.1. The molecule has 0 bridgehead atoms. The van der Waals surface area contributed by atoms with Crippen molar-refractivity contribution in [2.45, 2.75) is 6.42 Å². The van der Waals surface area contributed by atoms with Gasteiger partial charge in [-0.05, 0) is 42.8 Å². The van der Waals surface area contributed by atoms with Gasteiger partial charge in [-0.2, -0.15) is 0 Å². The third-order valence-corrected chi connectivity index (χ3v) is 3.79. The monoisotopic (exact) mass is 370 g/mol. The number of nitrogens with one attached hydrogen (secondary N) is 1. The van der Waals surface area contributed by atoms with Crippen LogP contribution >= 0.6 is 0 Å². The quantitative estimate of drug-likeness (QED) is 0.612. The maximum atomic E-state index is 12.8. The standard InChI is InChI=1S/C20H19FN2O4/c1-25-17-5-2-4-14(12-17)19-13-18(23-27-19)20(24)22-10-3-11-26-16-8-6-15(21)7-9-16/h2,4-9,12-13H,3,10-11H2,1H3,(H,22,24). The predicted molar refractivity (Wildman–Crippen MR) is 97.3 cm³/mol. The molecule has 0 aliphatic rings. The second-order valence-corrected chi connectivity index (χ2v) is 5.72. The van der Waals surface area contributed by atoms with Crippen LogP contribution in [0.15, 0.2) is 59.1 Å². The second kappa shape index (κ2) is 8.84. The van der Waals surface area contributed by atoms with Crippen LogP contribution in [0.1, 0.15) is 16.9 Å². The van der Waals surface area contributed by atoms with E-state index < -0.39 is 0 Å². The van der Waals surface area contributed by atoms with Crippen molar-refractivity contribution in [1.82, 2.24) is 10.5 Å². The summed E-state index contributed by atoms with van der Waals surface area (Å²) < 4.78 is 28.7. The molecule has 6 nitrogen and oxygen atoms in total. The molecule has 1 N–H and O–H groups in total.